The average Bonchev–Trinajstić information content (AvgIpc) is 3.15. The first-order chi connectivity index (χ1) is 11.6. The van der Waals surface area contributed by atoms with Gasteiger partial charge in [0.25, 0.3) is 0 Å². The molecule has 0 aromatic heterocycles. The maximum atomic E-state index is 13.0. The molecule has 2 heterocycles. The maximum absolute atomic E-state index is 13.0. The minimum Gasteiger partial charge on any atom is -0.398 e. The molecule has 1 atom stereocenters. The Bertz CT molecular complexity index is 852. The van der Waals surface area contributed by atoms with Crippen molar-refractivity contribution in [1.82, 2.24) is 4.90 Å². The van der Waals surface area contributed by atoms with Crippen LogP contribution in [-0.4, -0.2) is 34.7 Å². The van der Waals surface area contributed by atoms with Crippen LogP contribution in [0.15, 0.2) is 47.5 Å². The first kappa shape index (κ1) is 15.5. The van der Waals surface area contributed by atoms with E-state index in [-0.39, 0.29) is 11.8 Å². The number of halogens is 1. The minimum atomic E-state index is -0.106. The summed E-state index contributed by atoms with van der Waals surface area (Å²) in [4.78, 5) is 20.1. The number of benzene rings is 2. The number of anilines is 1. The van der Waals surface area contributed by atoms with Crippen molar-refractivity contribution in [3.63, 3.8) is 0 Å². The quantitative estimate of drug-likeness (QED) is 0.673. The number of hydrogen-bond acceptors (Lipinski definition) is 5. The monoisotopic (exact) mass is 357 g/mol. The molecule has 0 radical (unpaired) electrons. The topological polar surface area (TPSA) is 58.7 Å². The van der Waals surface area contributed by atoms with Gasteiger partial charge in [0, 0.05) is 35.1 Å². The predicted octanol–water partition coefficient (Wildman–Crippen LogP) is 3.61. The number of thioether (sulfide) groups is 1. The molecule has 24 heavy (non-hydrogen) atoms. The average molecular weight is 358 g/mol. The smallest absolute Gasteiger partial charge is 0.195 e. The molecule has 0 aliphatic carbocycles. The van der Waals surface area contributed by atoms with Crippen molar-refractivity contribution < 1.29 is 4.79 Å². The Kier molecular flexibility index (Phi) is 3.98. The fourth-order valence-electron chi connectivity index (χ4n) is 3.18. The van der Waals surface area contributed by atoms with Crippen molar-refractivity contribution in [2.24, 2.45) is 4.99 Å². The van der Waals surface area contributed by atoms with Crippen LogP contribution in [0.4, 0.5) is 5.69 Å². The maximum Gasteiger partial charge on any atom is 0.195 e. The van der Waals surface area contributed by atoms with E-state index in [2.05, 4.69) is 4.90 Å². The van der Waals surface area contributed by atoms with Crippen LogP contribution in [0.25, 0.3) is 0 Å². The molecular weight excluding hydrogens is 342 g/mol. The first-order valence-corrected chi connectivity index (χ1v) is 9.14. The molecule has 0 amide bonds. The van der Waals surface area contributed by atoms with Gasteiger partial charge in [-0.2, -0.15) is 0 Å². The fourth-order valence-corrected chi connectivity index (χ4v) is 4.41. The second-order valence-corrected chi connectivity index (χ2v) is 7.37. The zero-order chi connectivity index (χ0) is 16.7. The normalized spacial score (nSPS) is 19.3. The second-order valence-electron chi connectivity index (χ2n) is 5.87. The number of amidine groups is 1. The molecule has 0 spiro atoms. The third-order valence-electron chi connectivity index (χ3n) is 4.32. The Balaban J connectivity index is 1.76. The third-order valence-corrected chi connectivity index (χ3v) is 5.57. The molecule has 4 nitrogen and oxygen atoms in total. The van der Waals surface area contributed by atoms with Gasteiger partial charge < -0.3 is 10.6 Å². The van der Waals surface area contributed by atoms with Crippen molar-refractivity contribution >= 4 is 40.0 Å². The standard InChI is InChI=1S/C18H16ClN3OS/c19-12-4-1-3-11(9-12)17(23)16-13(5-2-6-14(16)20)15-10-22-7-8-24-18(22)21-15/h1-6,9,15H,7-8,10,20H2. The molecule has 2 aromatic carbocycles. The number of ketones is 1. The Morgan fingerprint density at radius 1 is 1.29 bits per heavy atom. The summed E-state index contributed by atoms with van der Waals surface area (Å²) in [5, 5.41) is 1.61. The fraction of sp³-hybridized carbons (Fsp3) is 0.222. The summed E-state index contributed by atoms with van der Waals surface area (Å²) >= 11 is 7.80. The number of rotatable bonds is 3. The summed E-state index contributed by atoms with van der Waals surface area (Å²) in [6.45, 7) is 1.82. The number of nitrogens with two attached hydrogens (primary N) is 1. The summed E-state index contributed by atoms with van der Waals surface area (Å²) in [6, 6.07) is 12.5. The molecule has 2 N–H and O–H groups in total. The van der Waals surface area contributed by atoms with Gasteiger partial charge in [0.05, 0.1) is 11.6 Å². The highest BCUT2D eigenvalue weighted by Crippen LogP contribution is 2.36. The van der Waals surface area contributed by atoms with Gasteiger partial charge in [-0.05, 0) is 23.8 Å². The Labute approximate surface area is 149 Å². The molecule has 2 aliphatic heterocycles. The highest BCUT2D eigenvalue weighted by atomic mass is 35.5. The molecule has 0 bridgehead atoms. The molecule has 1 unspecified atom stereocenters. The lowest BCUT2D eigenvalue weighted by Gasteiger charge is -2.17. The third kappa shape index (κ3) is 2.68. The molecular formula is C18H16ClN3OS. The van der Waals surface area contributed by atoms with Crippen LogP contribution in [0.5, 0.6) is 0 Å². The number of carbonyl (C=O) groups is 1. The molecule has 122 valence electrons. The van der Waals surface area contributed by atoms with Gasteiger partial charge in [0.2, 0.25) is 0 Å². The van der Waals surface area contributed by atoms with E-state index >= 15 is 0 Å². The van der Waals surface area contributed by atoms with Crippen molar-refractivity contribution in [3.05, 3.63) is 64.2 Å². The summed E-state index contributed by atoms with van der Waals surface area (Å²) in [5.74, 6) is 0.974. The number of nitrogen functional groups attached to an aromatic ring is 1. The summed E-state index contributed by atoms with van der Waals surface area (Å²) in [6.07, 6.45) is 0. The highest BCUT2D eigenvalue weighted by molar-refractivity contribution is 8.14. The largest absolute Gasteiger partial charge is 0.398 e. The van der Waals surface area contributed by atoms with E-state index in [4.69, 9.17) is 22.3 Å². The molecule has 2 aromatic rings. The summed E-state index contributed by atoms with van der Waals surface area (Å²) in [5.41, 5.74) is 8.62. The number of carbonyl (C=O) groups excluding carboxylic acids is 1. The van der Waals surface area contributed by atoms with E-state index < -0.39 is 0 Å². The first-order valence-electron chi connectivity index (χ1n) is 7.77. The lowest BCUT2D eigenvalue weighted by atomic mass is 9.93. The van der Waals surface area contributed by atoms with E-state index in [9.17, 15) is 4.79 Å². The van der Waals surface area contributed by atoms with Gasteiger partial charge in [-0.25, -0.2) is 0 Å². The Morgan fingerprint density at radius 2 is 2.12 bits per heavy atom. The van der Waals surface area contributed by atoms with Crippen LogP contribution >= 0.6 is 23.4 Å². The SMILES string of the molecule is Nc1cccc(C2CN3CCSC3=N2)c1C(=O)c1cccc(Cl)c1. The van der Waals surface area contributed by atoms with Crippen molar-refractivity contribution in [2.75, 3.05) is 24.6 Å². The van der Waals surface area contributed by atoms with Crippen LogP contribution < -0.4 is 5.73 Å². The zero-order valence-electron chi connectivity index (χ0n) is 12.9. The molecule has 1 fully saturated rings. The van der Waals surface area contributed by atoms with Gasteiger partial charge >= 0.3 is 0 Å². The van der Waals surface area contributed by atoms with Crippen LogP contribution in [0, 0.1) is 0 Å². The van der Waals surface area contributed by atoms with E-state index in [1.54, 1.807) is 42.1 Å². The zero-order valence-corrected chi connectivity index (χ0v) is 14.5. The Morgan fingerprint density at radius 3 is 2.92 bits per heavy atom. The van der Waals surface area contributed by atoms with Crippen molar-refractivity contribution in [3.8, 4) is 0 Å². The van der Waals surface area contributed by atoms with Gasteiger partial charge in [-0.3, -0.25) is 9.79 Å². The molecule has 4 rings (SSSR count). The van der Waals surface area contributed by atoms with Crippen LogP contribution in [0.1, 0.15) is 27.5 Å². The van der Waals surface area contributed by atoms with E-state index in [1.807, 2.05) is 12.1 Å². The van der Waals surface area contributed by atoms with Gasteiger partial charge in [-0.15, -0.1) is 0 Å². The lowest BCUT2D eigenvalue weighted by Crippen LogP contribution is -2.22. The second kappa shape index (κ2) is 6.15. The van der Waals surface area contributed by atoms with Gasteiger partial charge in [0.1, 0.15) is 0 Å². The van der Waals surface area contributed by atoms with Crippen molar-refractivity contribution in [1.29, 1.82) is 0 Å². The predicted molar refractivity (Wildman–Crippen MR) is 99.9 cm³/mol. The highest BCUT2D eigenvalue weighted by Gasteiger charge is 2.32. The molecule has 1 saturated heterocycles. The molecule has 2 aliphatic rings. The number of aliphatic imine (C=N–C) groups is 1. The van der Waals surface area contributed by atoms with Crippen LogP contribution in [-0.2, 0) is 0 Å². The van der Waals surface area contributed by atoms with Crippen LogP contribution in [0.2, 0.25) is 5.02 Å². The van der Waals surface area contributed by atoms with E-state index in [0.717, 1.165) is 29.6 Å². The lowest BCUT2D eigenvalue weighted by molar-refractivity contribution is 0.103. The van der Waals surface area contributed by atoms with Gasteiger partial charge in [-0.1, -0.05) is 47.6 Å². The molecule has 0 saturated carbocycles. The number of hydrogen-bond donors (Lipinski definition) is 1. The van der Waals surface area contributed by atoms with Crippen LogP contribution in [0.3, 0.4) is 0 Å². The number of nitrogens with zero attached hydrogens (tertiary/aromatic N) is 2. The minimum absolute atomic E-state index is 0.0468. The summed E-state index contributed by atoms with van der Waals surface area (Å²) in [7, 11) is 0. The van der Waals surface area contributed by atoms with Gasteiger partial charge in [0.15, 0.2) is 11.0 Å². The Hall–Kier alpha value is -1.98. The van der Waals surface area contributed by atoms with E-state index in [1.165, 1.54) is 0 Å². The number of fused-ring (bicyclic) bond motifs is 1. The van der Waals surface area contributed by atoms with E-state index in [0.29, 0.717) is 21.8 Å². The summed E-state index contributed by atoms with van der Waals surface area (Å²) < 4.78 is 0. The molecule has 6 heteroatoms. The van der Waals surface area contributed by atoms with Crippen molar-refractivity contribution in [2.45, 2.75) is 6.04 Å².